The van der Waals surface area contributed by atoms with Gasteiger partial charge in [-0.25, -0.2) is 17.1 Å². The Kier molecular flexibility index (Phi) is 8.02. The van der Waals surface area contributed by atoms with E-state index in [1.54, 1.807) is 18.0 Å². The van der Waals surface area contributed by atoms with Crippen LogP contribution in [0.4, 0.5) is 10.1 Å². The molecule has 0 saturated carbocycles. The second-order valence-electron chi connectivity index (χ2n) is 6.67. The molecule has 6 nitrogen and oxygen atoms in total. The van der Waals surface area contributed by atoms with E-state index in [1.165, 1.54) is 44.4 Å². The maximum absolute atomic E-state index is 13.9. The lowest BCUT2D eigenvalue weighted by molar-refractivity contribution is -0.116. The monoisotopic (exact) mass is 461 g/mol. The van der Waals surface area contributed by atoms with Crippen LogP contribution in [0.1, 0.15) is 12.0 Å². The lowest BCUT2D eigenvalue weighted by Gasteiger charge is -2.18. The van der Waals surface area contributed by atoms with Gasteiger partial charge in [-0.3, -0.25) is 4.79 Å². The van der Waals surface area contributed by atoms with Crippen LogP contribution in [0.3, 0.4) is 0 Å². The van der Waals surface area contributed by atoms with Crippen LogP contribution in [0.2, 0.25) is 10.0 Å². The summed E-state index contributed by atoms with van der Waals surface area (Å²) >= 11 is 12.1. The molecular formula is C19H22Cl2FN3O3S. The number of anilines is 1. The molecule has 10 heteroatoms. The molecule has 0 aliphatic heterocycles. The average Bonchev–Trinajstić information content (AvgIpc) is 2.64. The molecule has 0 aromatic heterocycles. The third-order valence-electron chi connectivity index (χ3n) is 4.20. The first-order valence-corrected chi connectivity index (χ1v) is 10.9. The highest BCUT2D eigenvalue weighted by molar-refractivity contribution is 7.89. The van der Waals surface area contributed by atoms with E-state index in [4.69, 9.17) is 23.2 Å². The Labute approximate surface area is 180 Å². The third kappa shape index (κ3) is 6.13. The van der Waals surface area contributed by atoms with Crippen molar-refractivity contribution in [1.29, 1.82) is 0 Å². The van der Waals surface area contributed by atoms with Crippen LogP contribution < -0.4 is 5.32 Å². The van der Waals surface area contributed by atoms with Gasteiger partial charge in [0.15, 0.2) is 0 Å². The molecule has 0 unspecified atom stereocenters. The summed E-state index contributed by atoms with van der Waals surface area (Å²) in [4.78, 5) is 14.1. The van der Waals surface area contributed by atoms with E-state index in [9.17, 15) is 17.6 Å². The first-order chi connectivity index (χ1) is 13.5. The van der Waals surface area contributed by atoms with Gasteiger partial charge >= 0.3 is 0 Å². The fourth-order valence-electron chi connectivity index (χ4n) is 2.51. The van der Waals surface area contributed by atoms with Crippen LogP contribution in [-0.4, -0.2) is 51.2 Å². The number of sulfonamides is 1. The summed E-state index contributed by atoms with van der Waals surface area (Å²) < 4.78 is 39.4. The summed E-state index contributed by atoms with van der Waals surface area (Å²) in [6, 6.07) is 8.58. The van der Waals surface area contributed by atoms with Gasteiger partial charge in [-0.1, -0.05) is 29.3 Å². The Morgan fingerprint density at radius 1 is 1.10 bits per heavy atom. The molecule has 1 N–H and O–H groups in total. The maximum Gasteiger partial charge on any atom is 0.242 e. The van der Waals surface area contributed by atoms with Crippen molar-refractivity contribution in [2.75, 3.05) is 33.0 Å². The van der Waals surface area contributed by atoms with Crippen LogP contribution in [0.25, 0.3) is 0 Å². The van der Waals surface area contributed by atoms with Crippen LogP contribution >= 0.6 is 23.2 Å². The van der Waals surface area contributed by atoms with Crippen molar-refractivity contribution in [1.82, 2.24) is 9.21 Å². The van der Waals surface area contributed by atoms with Gasteiger partial charge in [-0.05, 0) is 37.4 Å². The fourth-order valence-corrected chi connectivity index (χ4v) is 3.82. The highest BCUT2D eigenvalue weighted by atomic mass is 35.5. The Morgan fingerprint density at radius 3 is 2.41 bits per heavy atom. The molecule has 0 aliphatic carbocycles. The molecule has 0 heterocycles. The normalized spacial score (nSPS) is 11.9. The number of benzene rings is 2. The van der Waals surface area contributed by atoms with E-state index in [1.807, 2.05) is 0 Å². The predicted octanol–water partition coefficient (Wildman–Crippen LogP) is 3.84. The molecule has 158 valence electrons. The van der Waals surface area contributed by atoms with E-state index in [2.05, 4.69) is 5.32 Å². The van der Waals surface area contributed by atoms with Crippen LogP contribution in [-0.2, 0) is 21.4 Å². The van der Waals surface area contributed by atoms with E-state index < -0.39 is 15.8 Å². The largest absolute Gasteiger partial charge is 0.325 e. The standard InChI is InChI=1S/C19H22Cl2FN3O3S/c1-24(2)29(27,28)13-7-8-16(21)18(11-13)23-19(26)9-10-25(3)12-14-15(20)5-4-6-17(14)22/h4-8,11H,9-10,12H2,1-3H3,(H,23,26). The van der Waals surface area contributed by atoms with E-state index >= 15 is 0 Å². The molecule has 0 radical (unpaired) electrons. The Balaban J connectivity index is 2.01. The lowest BCUT2D eigenvalue weighted by Crippen LogP contribution is -2.25. The number of halogens is 3. The average molecular weight is 462 g/mol. The molecule has 0 bridgehead atoms. The number of amides is 1. The summed E-state index contributed by atoms with van der Waals surface area (Å²) in [6.45, 7) is 0.583. The molecule has 0 atom stereocenters. The summed E-state index contributed by atoms with van der Waals surface area (Å²) in [7, 11) is 0.923. The first kappa shape index (κ1) is 23.6. The fraction of sp³-hybridized carbons (Fsp3) is 0.316. The molecule has 1 amide bonds. The molecule has 2 aromatic rings. The van der Waals surface area contributed by atoms with Gasteiger partial charge < -0.3 is 10.2 Å². The van der Waals surface area contributed by atoms with Gasteiger partial charge in [0.25, 0.3) is 0 Å². The molecule has 0 fully saturated rings. The number of nitrogens with zero attached hydrogens (tertiary/aromatic N) is 2. The van der Waals surface area contributed by atoms with Gasteiger partial charge in [-0.2, -0.15) is 0 Å². The van der Waals surface area contributed by atoms with E-state index in [-0.39, 0.29) is 34.5 Å². The molecule has 0 spiro atoms. The zero-order valence-electron chi connectivity index (χ0n) is 16.2. The van der Waals surface area contributed by atoms with Gasteiger partial charge in [0.2, 0.25) is 15.9 Å². The third-order valence-corrected chi connectivity index (χ3v) is 6.70. The minimum atomic E-state index is -3.65. The highest BCUT2D eigenvalue weighted by Crippen LogP contribution is 2.26. The van der Waals surface area contributed by atoms with Gasteiger partial charge in [0.1, 0.15) is 5.82 Å². The van der Waals surface area contributed by atoms with Gasteiger partial charge in [-0.15, -0.1) is 0 Å². The minimum Gasteiger partial charge on any atom is -0.325 e. The number of hydrogen-bond donors (Lipinski definition) is 1. The summed E-state index contributed by atoms with van der Waals surface area (Å²) in [5, 5.41) is 3.17. The van der Waals surface area contributed by atoms with Crippen molar-refractivity contribution in [2.24, 2.45) is 0 Å². The molecular weight excluding hydrogens is 440 g/mol. The van der Waals surface area contributed by atoms with Crippen LogP contribution in [0, 0.1) is 5.82 Å². The van der Waals surface area contributed by atoms with Crippen LogP contribution in [0.15, 0.2) is 41.3 Å². The lowest BCUT2D eigenvalue weighted by atomic mass is 10.2. The molecule has 0 aliphatic rings. The summed E-state index contributed by atoms with van der Waals surface area (Å²) in [5.74, 6) is -0.753. The summed E-state index contributed by atoms with van der Waals surface area (Å²) in [5.41, 5.74) is 0.570. The second kappa shape index (κ2) is 9.86. The van der Waals surface area contributed by atoms with Crippen LogP contribution in [0.5, 0.6) is 0 Å². The molecule has 2 rings (SSSR count). The SMILES string of the molecule is CN(CCC(=O)Nc1cc(S(=O)(=O)N(C)C)ccc1Cl)Cc1c(F)cccc1Cl. The topological polar surface area (TPSA) is 69.7 Å². The molecule has 0 saturated heterocycles. The molecule has 29 heavy (non-hydrogen) atoms. The predicted molar refractivity (Wildman–Crippen MR) is 113 cm³/mol. The highest BCUT2D eigenvalue weighted by Gasteiger charge is 2.19. The van der Waals surface area contributed by atoms with E-state index in [0.717, 1.165) is 4.31 Å². The van der Waals surface area contributed by atoms with Gasteiger partial charge in [0.05, 0.1) is 15.6 Å². The number of carbonyl (C=O) groups excluding carboxylic acids is 1. The quantitative estimate of drug-likeness (QED) is 0.647. The maximum atomic E-state index is 13.9. The second-order valence-corrected chi connectivity index (χ2v) is 9.63. The first-order valence-electron chi connectivity index (χ1n) is 8.65. The van der Waals surface area contributed by atoms with Crippen molar-refractivity contribution < 1.29 is 17.6 Å². The van der Waals surface area contributed by atoms with Gasteiger partial charge in [0, 0.05) is 44.2 Å². The van der Waals surface area contributed by atoms with Crippen molar-refractivity contribution in [3.8, 4) is 0 Å². The van der Waals surface area contributed by atoms with Crippen molar-refractivity contribution >= 4 is 44.8 Å². The zero-order valence-corrected chi connectivity index (χ0v) is 18.6. The number of nitrogens with one attached hydrogen (secondary N) is 1. The smallest absolute Gasteiger partial charge is 0.242 e. The summed E-state index contributed by atoms with van der Waals surface area (Å²) in [6.07, 6.45) is 0.101. The number of hydrogen-bond acceptors (Lipinski definition) is 4. The minimum absolute atomic E-state index is 0.0218. The van der Waals surface area contributed by atoms with Crippen molar-refractivity contribution in [3.63, 3.8) is 0 Å². The Bertz CT molecular complexity index is 980. The number of rotatable bonds is 8. The number of carbonyl (C=O) groups is 1. The zero-order chi connectivity index (χ0) is 21.8. The Hall–Kier alpha value is -1.71. The van der Waals surface area contributed by atoms with Crippen molar-refractivity contribution in [2.45, 2.75) is 17.9 Å². The van der Waals surface area contributed by atoms with Crippen molar-refractivity contribution in [3.05, 3.63) is 57.8 Å². The molecule has 2 aromatic carbocycles. The Morgan fingerprint density at radius 2 is 1.79 bits per heavy atom. The van der Waals surface area contributed by atoms with E-state index in [0.29, 0.717) is 17.1 Å².